The first kappa shape index (κ1) is 28.1. The molecule has 1 saturated carbocycles. The van der Waals surface area contributed by atoms with Crippen LogP contribution in [-0.4, -0.2) is 45.6 Å². The molecular weight excluding hydrogens is 434 g/mol. The predicted octanol–water partition coefficient (Wildman–Crippen LogP) is 4.25. The maximum atomic E-state index is 12.6. The van der Waals surface area contributed by atoms with Crippen LogP contribution >= 0.6 is 0 Å². The number of aliphatic hydroxyl groups is 2. The Kier molecular flexibility index (Phi) is 10.8. The quantitative estimate of drug-likeness (QED) is 0.509. The lowest BCUT2D eigenvalue weighted by atomic mass is 9.70. The molecule has 0 spiro atoms. The predicted molar refractivity (Wildman–Crippen MR) is 128 cm³/mol. The molecule has 3 N–H and O–H groups in total. The fraction of sp³-hybridized carbons (Fsp3) is 0.741. The summed E-state index contributed by atoms with van der Waals surface area (Å²) >= 11 is 0. The molecule has 0 aromatic heterocycles. The molecule has 2 rings (SSSR count). The fourth-order valence-electron chi connectivity index (χ4n) is 5.50. The molecule has 190 valence electrons. The molecule has 34 heavy (non-hydrogen) atoms. The van der Waals surface area contributed by atoms with Crippen LogP contribution < -0.4 is 0 Å². The molecule has 1 heterocycles. The molecule has 0 aromatic carbocycles. The van der Waals surface area contributed by atoms with E-state index in [-0.39, 0.29) is 29.7 Å². The Morgan fingerprint density at radius 3 is 2.26 bits per heavy atom. The van der Waals surface area contributed by atoms with Gasteiger partial charge < -0.3 is 20.1 Å². The van der Waals surface area contributed by atoms with E-state index in [2.05, 4.69) is 19.9 Å². The van der Waals surface area contributed by atoms with Crippen molar-refractivity contribution < 1.29 is 29.6 Å². The zero-order chi connectivity index (χ0) is 25.4. The summed E-state index contributed by atoms with van der Waals surface area (Å²) in [6.45, 7) is 8.14. The third-order valence-electron chi connectivity index (χ3n) is 7.56. The van der Waals surface area contributed by atoms with Gasteiger partial charge in [-0.2, -0.15) is 5.26 Å². The van der Waals surface area contributed by atoms with Gasteiger partial charge in [-0.15, -0.1) is 0 Å². The van der Waals surface area contributed by atoms with Gasteiger partial charge in [-0.05, 0) is 61.9 Å². The molecule has 2 aliphatic rings. The first-order valence-corrected chi connectivity index (χ1v) is 12.6. The van der Waals surface area contributed by atoms with Crippen LogP contribution in [0.25, 0.3) is 0 Å². The van der Waals surface area contributed by atoms with Crippen LogP contribution in [0.3, 0.4) is 0 Å². The number of carboxylic acid groups (broad SMARTS) is 1. The van der Waals surface area contributed by atoms with Gasteiger partial charge in [-0.3, -0.25) is 9.59 Å². The Hall–Kier alpha value is -2.17. The highest BCUT2D eigenvalue weighted by molar-refractivity contribution is 5.72. The highest BCUT2D eigenvalue weighted by Crippen LogP contribution is 2.40. The number of carbonyl (C=O) groups is 2. The smallest absolute Gasteiger partial charge is 0.308 e. The molecule has 1 fully saturated rings. The molecule has 0 saturated heterocycles. The van der Waals surface area contributed by atoms with Crippen LogP contribution in [0, 0.1) is 46.8 Å². The molecule has 1 aliphatic carbocycles. The summed E-state index contributed by atoms with van der Waals surface area (Å²) in [4.78, 5) is 24.2. The number of aliphatic hydroxyl groups excluding tert-OH is 2. The van der Waals surface area contributed by atoms with E-state index in [0.29, 0.717) is 31.1 Å². The van der Waals surface area contributed by atoms with Crippen molar-refractivity contribution in [2.45, 2.75) is 91.0 Å². The summed E-state index contributed by atoms with van der Waals surface area (Å²) in [5.41, 5.74) is 0.280. The second-order valence-electron chi connectivity index (χ2n) is 10.7. The molecule has 0 aromatic rings. The van der Waals surface area contributed by atoms with Crippen molar-refractivity contribution in [3.63, 3.8) is 0 Å². The van der Waals surface area contributed by atoms with Crippen molar-refractivity contribution in [3.05, 3.63) is 23.8 Å². The summed E-state index contributed by atoms with van der Waals surface area (Å²) in [5.74, 6) is -1.74. The second-order valence-corrected chi connectivity index (χ2v) is 10.7. The van der Waals surface area contributed by atoms with E-state index in [1.54, 1.807) is 18.2 Å². The number of hydrogen-bond donors (Lipinski definition) is 3. The number of ether oxygens (including phenoxy) is 1. The van der Waals surface area contributed by atoms with E-state index in [1.165, 1.54) is 0 Å². The normalized spacial score (nSPS) is 38.9. The average Bonchev–Trinajstić information content (AvgIpc) is 2.70. The van der Waals surface area contributed by atoms with E-state index in [4.69, 9.17) is 4.74 Å². The lowest BCUT2D eigenvalue weighted by molar-refractivity contribution is -0.165. The lowest BCUT2D eigenvalue weighted by Crippen LogP contribution is -2.42. The summed E-state index contributed by atoms with van der Waals surface area (Å²) < 4.78 is 5.69. The van der Waals surface area contributed by atoms with Crippen molar-refractivity contribution in [2.75, 3.05) is 0 Å². The van der Waals surface area contributed by atoms with Crippen molar-refractivity contribution in [1.29, 1.82) is 5.26 Å². The molecule has 9 atom stereocenters. The second kappa shape index (κ2) is 13.1. The largest absolute Gasteiger partial charge is 0.481 e. The SMILES string of the molecule is C[C@@H]1C[C@H](C)C[C@H](C)[C@@H](O)CC(=O)O[C@H]([C@@H]2CC[C@H]2C(=O)O)CC=CC=C(C#N)[C@H](O)[C@@H](C)C1. The topological polar surface area (TPSA) is 128 Å². The van der Waals surface area contributed by atoms with Gasteiger partial charge in [-0.25, -0.2) is 0 Å². The fourth-order valence-corrected chi connectivity index (χ4v) is 5.50. The van der Waals surface area contributed by atoms with Gasteiger partial charge in [0.15, 0.2) is 0 Å². The molecule has 0 radical (unpaired) electrons. The van der Waals surface area contributed by atoms with Gasteiger partial charge in [0, 0.05) is 12.3 Å². The van der Waals surface area contributed by atoms with E-state index < -0.39 is 36.2 Å². The van der Waals surface area contributed by atoms with Crippen LogP contribution in [-0.2, 0) is 14.3 Å². The number of nitrogens with zero attached hydrogens (tertiary/aromatic N) is 1. The molecule has 1 aliphatic heterocycles. The first-order valence-electron chi connectivity index (χ1n) is 12.6. The standard InChI is InChI=1S/C27H41NO6/c1-16-11-17(2)13-19(4)26(31)20(15-28)7-5-6-8-24(21-9-10-22(21)27(32)33)34-25(30)14-23(29)18(3)12-16/h5-7,16-19,21-24,26,29,31H,8-14H2,1-4H3,(H,32,33)/t16-,17+,18-,19-,21+,22+,23-,24-,26+/m0/s1. The molecule has 0 bridgehead atoms. The van der Waals surface area contributed by atoms with Crippen molar-refractivity contribution >= 4 is 11.9 Å². The minimum atomic E-state index is -0.892. The van der Waals surface area contributed by atoms with Gasteiger partial charge in [0.25, 0.3) is 0 Å². The zero-order valence-corrected chi connectivity index (χ0v) is 20.9. The van der Waals surface area contributed by atoms with Gasteiger partial charge in [0.05, 0.1) is 36.2 Å². The number of nitriles is 1. The molecule has 7 nitrogen and oxygen atoms in total. The van der Waals surface area contributed by atoms with E-state index in [1.807, 2.05) is 13.8 Å². The molecule has 7 heteroatoms. The number of hydrogen-bond acceptors (Lipinski definition) is 6. The molecule has 0 unspecified atom stereocenters. The van der Waals surface area contributed by atoms with Crippen LogP contribution in [0.15, 0.2) is 23.8 Å². The Labute approximate surface area is 203 Å². The maximum absolute atomic E-state index is 12.6. The molecule has 0 amide bonds. The van der Waals surface area contributed by atoms with Gasteiger partial charge >= 0.3 is 11.9 Å². The number of rotatable bonds is 2. The van der Waals surface area contributed by atoms with E-state index >= 15 is 0 Å². The minimum Gasteiger partial charge on any atom is -0.481 e. The van der Waals surface area contributed by atoms with E-state index in [0.717, 1.165) is 19.3 Å². The third kappa shape index (κ3) is 7.95. The summed E-state index contributed by atoms with van der Waals surface area (Å²) in [6, 6.07) is 2.09. The van der Waals surface area contributed by atoms with Crippen LogP contribution in [0.4, 0.5) is 0 Å². The highest BCUT2D eigenvalue weighted by atomic mass is 16.5. The Morgan fingerprint density at radius 2 is 1.71 bits per heavy atom. The van der Waals surface area contributed by atoms with Gasteiger partial charge in [-0.1, -0.05) is 39.8 Å². The van der Waals surface area contributed by atoms with Crippen LogP contribution in [0.2, 0.25) is 0 Å². The number of carboxylic acids is 1. The van der Waals surface area contributed by atoms with Crippen molar-refractivity contribution in [3.8, 4) is 6.07 Å². The molecular formula is C27H41NO6. The monoisotopic (exact) mass is 475 g/mol. The van der Waals surface area contributed by atoms with Gasteiger partial charge in [0.2, 0.25) is 0 Å². The maximum Gasteiger partial charge on any atom is 0.308 e. The number of aliphatic carboxylic acids is 1. The minimum absolute atomic E-state index is 0.0802. The lowest BCUT2D eigenvalue weighted by Gasteiger charge is -2.38. The summed E-state index contributed by atoms with van der Waals surface area (Å²) in [7, 11) is 0. The Balaban J connectivity index is 2.26. The Morgan fingerprint density at radius 1 is 1.06 bits per heavy atom. The number of carbonyl (C=O) groups excluding carboxylic acids is 1. The van der Waals surface area contributed by atoms with Gasteiger partial charge in [0.1, 0.15) is 6.10 Å². The van der Waals surface area contributed by atoms with Crippen molar-refractivity contribution in [1.82, 2.24) is 0 Å². The Bertz CT molecular complexity index is 799. The third-order valence-corrected chi connectivity index (χ3v) is 7.56. The average molecular weight is 476 g/mol. The summed E-state index contributed by atoms with van der Waals surface area (Å²) in [6.07, 6.45) is 6.55. The first-order chi connectivity index (χ1) is 16.0. The number of esters is 1. The highest BCUT2D eigenvalue weighted by Gasteiger charge is 2.43. The van der Waals surface area contributed by atoms with Crippen LogP contribution in [0.5, 0.6) is 0 Å². The summed E-state index contributed by atoms with van der Waals surface area (Å²) in [5, 5.41) is 40.3. The number of allylic oxidation sites excluding steroid dienone is 2. The van der Waals surface area contributed by atoms with Crippen LogP contribution in [0.1, 0.15) is 72.6 Å². The van der Waals surface area contributed by atoms with E-state index in [9.17, 15) is 30.2 Å². The van der Waals surface area contributed by atoms with Crippen molar-refractivity contribution in [2.24, 2.45) is 35.5 Å². The number of cyclic esters (lactones) is 1. The zero-order valence-electron chi connectivity index (χ0n) is 20.9.